The second kappa shape index (κ2) is 7.31. The van der Waals surface area contributed by atoms with Crippen molar-refractivity contribution < 1.29 is 4.79 Å². The highest BCUT2D eigenvalue weighted by molar-refractivity contribution is 5.86. The van der Waals surface area contributed by atoms with Crippen LogP contribution in [0.2, 0.25) is 0 Å². The van der Waals surface area contributed by atoms with Gasteiger partial charge in [0.05, 0.1) is 5.54 Å². The minimum atomic E-state index is -0.537. The predicted octanol–water partition coefficient (Wildman–Crippen LogP) is 2.37. The molecule has 1 unspecified atom stereocenters. The van der Waals surface area contributed by atoms with Gasteiger partial charge in [-0.1, -0.05) is 25.7 Å². The summed E-state index contributed by atoms with van der Waals surface area (Å²) in [6.07, 6.45) is 11.9. The molecule has 0 radical (unpaired) electrons. The molecule has 3 rings (SSSR count). The molecule has 0 bridgehead atoms. The van der Waals surface area contributed by atoms with Gasteiger partial charge in [0.2, 0.25) is 5.91 Å². The van der Waals surface area contributed by atoms with Gasteiger partial charge in [0.1, 0.15) is 0 Å². The highest BCUT2D eigenvalue weighted by Crippen LogP contribution is 2.30. The number of nitrogens with zero attached hydrogens (tertiary/aromatic N) is 2. The molecule has 2 aliphatic heterocycles. The second-order valence-electron chi connectivity index (χ2n) is 7.84. The normalized spacial score (nSPS) is 30.2. The Morgan fingerprint density at radius 3 is 2.32 bits per heavy atom. The lowest BCUT2D eigenvalue weighted by molar-refractivity contribution is -0.138. The van der Waals surface area contributed by atoms with Gasteiger partial charge in [-0.3, -0.25) is 4.79 Å². The third-order valence-corrected chi connectivity index (χ3v) is 5.94. The van der Waals surface area contributed by atoms with Crippen LogP contribution >= 0.6 is 0 Å². The lowest BCUT2D eigenvalue weighted by atomic mass is 9.92. The number of piperidine rings is 1. The SMILES string of the molecule is NC1(C(=O)N2CCCC(CN3CCCCCC3)C2)CCCC1. The molecule has 1 aliphatic carbocycles. The van der Waals surface area contributed by atoms with Crippen LogP contribution in [0.1, 0.15) is 64.2 Å². The maximum atomic E-state index is 12.8. The van der Waals surface area contributed by atoms with Gasteiger partial charge >= 0.3 is 0 Å². The molecular formula is C18H33N3O. The zero-order valence-electron chi connectivity index (χ0n) is 14.1. The molecule has 1 saturated carbocycles. The monoisotopic (exact) mass is 307 g/mol. The summed E-state index contributed by atoms with van der Waals surface area (Å²) in [6.45, 7) is 5.56. The van der Waals surface area contributed by atoms with Crippen LogP contribution in [0.4, 0.5) is 0 Å². The molecule has 4 heteroatoms. The van der Waals surface area contributed by atoms with E-state index in [-0.39, 0.29) is 5.91 Å². The van der Waals surface area contributed by atoms with Crippen molar-refractivity contribution in [3.05, 3.63) is 0 Å². The Kier molecular flexibility index (Phi) is 5.40. The number of rotatable bonds is 3. The Hall–Kier alpha value is -0.610. The molecule has 22 heavy (non-hydrogen) atoms. The first-order valence-corrected chi connectivity index (χ1v) is 9.48. The quantitative estimate of drug-likeness (QED) is 0.871. The average molecular weight is 307 g/mol. The molecule has 0 aromatic heterocycles. The van der Waals surface area contributed by atoms with Gasteiger partial charge < -0.3 is 15.5 Å². The van der Waals surface area contributed by atoms with Crippen LogP contribution in [0.3, 0.4) is 0 Å². The van der Waals surface area contributed by atoms with Crippen molar-refractivity contribution in [2.75, 3.05) is 32.7 Å². The van der Waals surface area contributed by atoms with Crippen LogP contribution in [0, 0.1) is 5.92 Å². The van der Waals surface area contributed by atoms with Crippen molar-refractivity contribution in [3.8, 4) is 0 Å². The van der Waals surface area contributed by atoms with Crippen LogP contribution < -0.4 is 5.73 Å². The number of hydrogen-bond donors (Lipinski definition) is 1. The molecular weight excluding hydrogens is 274 g/mol. The molecule has 4 nitrogen and oxygen atoms in total. The van der Waals surface area contributed by atoms with Crippen LogP contribution in [0.25, 0.3) is 0 Å². The van der Waals surface area contributed by atoms with Gasteiger partial charge in [-0.25, -0.2) is 0 Å². The van der Waals surface area contributed by atoms with Crippen LogP contribution in [0.15, 0.2) is 0 Å². The summed E-state index contributed by atoms with van der Waals surface area (Å²) in [6, 6.07) is 0. The molecule has 126 valence electrons. The summed E-state index contributed by atoms with van der Waals surface area (Å²) in [4.78, 5) is 17.5. The fraction of sp³-hybridized carbons (Fsp3) is 0.944. The first-order valence-electron chi connectivity index (χ1n) is 9.48. The van der Waals surface area contributed by atoms with Crippen molar-refractivity contribution in [1.82, 2.24) is 9.80 Å². The fourth-order valence-corrected chi connectivity index (χ4v) is 4.62. The van der Waals surface area contributed by atoms with Crippen molar-refractivity contribution in [1.29, 1.82) is 0 Å². The minimum Gasteiger partial charge on any atom is -0.341 e. The van der Waals surface area contributed by atoms with E-state index < -0.39 is 5.54 Å². The molecule has 1 atom stereocenters. The smallest absolute Gasteiger partial charge is 0.242 e. The molecule has 3 fully saturated rings. The summed E-state index contributed by atoms with van der Waals surface area (Å²) < 4.78 is 0. The number of likely N-dealkylation sites (tertiary alicyclic amines) is 2. The van der Waals surface area contributed by atoms with E-state index in [4.69, 9.17) is 5.73 Å². The van der Waals surface area contributed by atoms with E-state index in [0.717, 1.165) is 45.2 Å². The van der Waals surface area contributed by atoms with Crippen molar-refractivity contribution in [2.24, 2.45) is 11.7 Å². The van der Waals surface area contributed by atoms with E-state index in [0.29, 0.717) is 5.92 Å². The summed E-state index contributed by atoms with van der Waals surface area (Å²) in [5.74, 6) is 0.895. The van der Waals surface area contributed by atoms with E-state index in [1.807, 2.05) is 0 Å². The van der Waals surface area contributed by atoms with Gasteiger partial charge in [0.15, 0.2) is 0 Å². The molecule has 2 heterocycles. The van der Waals surface area contributed by atoms with E-state index >= 15 is 0 Å². The largest absolute Gasteiger partial charge is 0.341 e. The molecule has 2 saturated heterocycles. The number of nitrogens with two attached hydrogens (primary N) is 1. The van der Waals surface area contributed by atoms with Gasteiger partial charge in [0, 0.05) is 19.6 Å². The zero-order valence-corrected chi connectivity index (χ0v) is 14.1. The van der Waals surface area contributed by atoms with E-state index in [2.05, 4.69) is 9.80 Å². The fourth-order valence-electron chi connectivity index (χ4n) is 4.62. The summed E-state index contributed by atoms with van der Waals surface area (Å²) in [5, 5.41) is 0. The summed E-state index contributed by atoms with van der Waals surface area (Å²) >= 11 is 0. The third kappa shape index (κ3) is 3.83. The van der Waals surface area contributed by atoms with Crippen LogP contribution in [-0.2, 0) is 4.79 Å². The van der Waals surface area contributed by atoms with Crippen molar-refractivity contribution in [2.45, 2.75) is 69.7 Å². The maximum absolute atomic E-state index is 12.8. The Labute approximate surface area is 135 Å². The zero-order chi connectivity index (χ0) is 15.4. The van der Waals surface area contributed by atoms with Gasteiger partial charge in [-0.15, -0.1) is 0 Å². The highest BCUT2D eigenvalue weighted by Gasteiger charge is 2.41. The second-order valence-corrected chi connectivity index (χ2v) is 7.84. The van der Waals surface area contributed by atoms with Gasteiger partial charge in [0.25, 0.3) is 0 Å². The van der Waals surface area contributed by atoms with Gasteiger partial charge in [-0.2, -0.15) is 0 Å². The Balaban J connectivity index is 1.53. The lowest BCUT2D eigenvalue weighted by Gasteiger charge is -2.39. The van der Waals surface area contributed by atoms with Crippen molar-refractivity contribution >= 4 is 5.91 Å². The molecule has 2 N–H and O–H groups in total. The molecule has 0 aromatic rings. The number of carbonyl (C=O) groups excluding carboxylic acids is 1. The molecule has 1 amide bonds. The molecule has 0 spiro atoms. The predicted molar refractivity (Wildman–Crippen MR) is 89.6 cm³/mol. The van der Waals surface area contributed by atoms with Crippen molar-refractivity contribution in [3.63, 3.8) is 0 Å². The summed E-state index contributed by atoms with van der Waals surface area (Å²) in [7, 11) is 0. The van der Waals surface area contributed by atoms with E-state index in [1.54, 1.807) is 0 Å². The first-order chi connectivity index (χ1) is 10.7. The van der Waals surface area contributed by atoms with Crippen LogP contribution in [-0.4, -0.2) is 54.0 Å². The Morgan fingerprint density at radius 2 is 1.64 bits per heavy atom. The van der Waals surface area contributed by atoms with Gasteiger partial charge in [-0.05, 0) is 57.5 Å². The highest BCUT2D eigenvalue weighted by atomic mass is 16.2. The minimum absolute atomic E-state index is 0.241. The lowest BCUT2D eigenvalue weighted by Crippen LogP contribution is -2.56. The van der Waals surface area contributed by atoms with E-state index in [9.17, 15) is 4.79 Å². The molecule has 0 aromatic carbocycles. The molecule has 3 aliphatic rings. The average Bonchev–Trinajstić information content (AvgIpc) is 2.82. The summed E-state index contributed by atoms with van der Waals surface area (Å²) in [5.41, 5.74) is 5.84. The Morgan fingerprint density at radius 1 is 0.955 bits per heavy atom. The third-order valence-electron chi connectivity index (χ3n) is 5.94. The topological polar surface area (TPSA) is 49.6 Å². The van der Waals surface area contributed by atoms with E-state index in [1.165, 1.54) is 51.7 Å². The van der Waals surface area contributed by atoms with Crippen LogP contribution in [0.5, 0.6) is 0 Å². The number of amides is 1. The maximum Gasteiger partial charge on any atom is 0.242 e. The standard InChI is InChI=1S/C18H33N3O/c19-18(9-3-4-10-18)17(22)21-13-7-8-16(15-21)14-20-11-5-1-2-6-12-20/h16H,1-15,19H2. The number of hydrogen-bond acceptors (Lipinski definition) is 3. The Bertz CT molecular complexity index is 371. The number of carbonyl (C=O) groups is 1. The first kappa shape index (κ1) is 16.3.